The molecule has 0 bridgehead atoms. The van der Waals surface area contributed by atoms with Gasteiger partial charge in [0.05, 0.1) is 24.3 Å². The standard InChI is InChI=1S/C21H32O4/c1-6-8-11-24-21(23)19-14-17(7-2)16(5)13-18(19)20(22)25-12-9-10-15(3)4/h13-15H,6-12H2,1-5H3. The molecule has 0 aliphatic heterocycles. The number of hydrogen-bond acceptors (Lipinski definition) is 4. The van der Waals surface area contributed by atoms with Crippen molar-refractivity contribution in [3.63, 3.8) is 0 Å². The predicted octanol–water partition coefficient (Wildman–Crippen LogP) is 5.11. The van der Waals surface area contributed by atoms with Crippen molar-refractivity contribution in [1.29, 1.82) is 0 Å². The van der Waals surface area contributed by atoms with E-state index in [4.69, 9.17) is 9.47 Å². The van der Waals surface area contributed by atoms with Gasteiger partial charge in [0.2, 0.25) is 0 Å². The topological polar surface area (TPSA) is 52.6 Å². The summed E-state index contributed by atoms with van der Waals surface area (Å²) in [5, 5.41) is 0. The molecule has 1 aromatic rings. The van der Waals surface area contributed by atoms with Crippen LogP contribution in [0.25, 0.3) is 0 Å². The SMILES string of the molecule is CCCCOC(=O)c1cc(CC)c(C)cc1C(=O)OCCCC(C)C. The zero-order chi connectivity index (χ0) is 18.8. The molecule has 0 aliphatic rings. The van der Waals surface area contributed by atoms with E-state index < -0.39 is 11.9 Å². The maximum Gasteiger partial charge on any atom is 0.339 e. The van der Waals surface area contributed by atoms with Crippen LogP contribution in [0.2, 0.25) is 0 Å². The maximum atomic E-state index is 12.5. The van der Waals surface area contributed by atoms with Crippen molar-refractivity contribution in [1.82, 2.24) is 0 Å². The van der Waals surface area contributed by atoms with Crippen LogP contribution < -0.4 is 0 Å². The highest BCUT2D eigenvalue weighted by Crippen LogP contribution is 2.20. The molecule has 0 atom stereocenters. The molecule has 0 aromatic heterocycles. The monoisotopic (exact) mass is 348 g/mol. The highest BCUT2D eigenvalue weighted by molar-refractivity contribution is 6.03. The molecule has 0 aliphatic carbocycles. The van der Waals surface area contributed by atoms with Crippen LogP contribution in [0, 0.1) is 12.8 Å². The summed E-state index contributed by atoms with van der Waals surface area (Å²) in [7, 11) is 0. The molecule has 1 rings (SSSR count). The fourth-order valence-electron chi connectivity index (χ4n) is 2.59. The first-order chi connectivity index (χ1) is 11.9. The molecule has 0 spiro atoms. The zero-order valence-corrected chi connectivity index (χ0v) is 16.3. The van der Waals surface area contributed by atoms with E-state index >= 15 is 0 Å². The third kappa shape index (κ3) is 6.89. The van der Waals surface area contributed by atoms with Crippen LogP contribution in [0.1, 0.15) is 85.2 Å². The Morgan fingerprint density at radius 3 is 2.04 bits per heavy atom. The lowest BCUT2D eigenvalue weighted by Crippen LogP contribution is -2.16. The van der Waals surface area contributed by atoms with Crippen molar-refractivity contribution in [2.45, 2.75) is 66.7 Å². The van der Waals surface area contributed by atoms with Crippen LogP contribution in [0.4, 0.5) is 0 Å². The number of benzene rings is 1. The second kappa shape index (κ2) is 10.9. The molecule has 0 unspecified atom stereocenters. The molecule has 0 N–H and O–H groups in total. The normalized spacial score (nSPS) is 10.8. The van der Waals surface area contributed by atoms with Gasteiger partial charge in [0.1, 0.15) is 0 Å². The van der Waals surface area contributed by atoms with E-state index in [-0.39, 0.29) is 0 Å². The fraction of sp³-hybridized carbons (Fsp3) is 0.619. The lowest BCUT2D eigenvalue weighted by Gasteiger charge is -2.13. The van der Waals surface area contributed by atoms with Crippen molar-refractivity contribution in [2.75, 3.05) is 13.2 Å². The second-order valence-electron chi connectivity index (χ2n) is 6.84. The Morgan fingerprint density at radius 1 is 0.960 bits per heavy atom. The van der Waals surface area contributed by atoms with Crippen molar-refractivity contribution >= 4 is 11.9 Å². The Hall–Kier alpha value is -1.84. The Kier molecular flexibility index (Phi) is 9.25. The van der Waals surface area contributed by atoms with Crippen LogP contribution in [0.3, 0.4) is 0 Å². The van der Waals surface area contributed by atoms with Gasteiger partial charge in [-0.05, 0) is 61.8 Å². The summed E-state index contributed by atoms with van der Waals surface area (Å²) in [5.74, 6) is -0.317. The lowest BCUT2D eigenvalue weighted by molar-refractivity contribution is 0.0450. The predicted molar refractivity (Wildman–Crippen MR) is 100 cm³/mol. The largest absolute Gasteiger partial charge is 0.462 e. The second-order valence-corrected chi connectivity index (χ2v) is 6.84. The first-order valence-corrected chi connectivity index (χ1v) is 9.38. The summed E-state index contributed by atoms with van der Waals surface area (Å²) in [6, 6.07) is 3.52. The van der Waals surface area contributed by atoms with E-state index in [0.717, 1.165) is 43.2 Å². The van der Waals surface area contributed by atoms with Gasteiger partial charge in [-0.1, -0.05) is 34.1 Å². The zero-order valence-electron chi connectivity index (χ0n) is 16.3. The molecule has 25 heavy (non-hydrogen) atoms. The van der Waals surface area contributed by atoms with E-state index in [1.54, 1.807) is 12.1 Å². The first kappa shape index (κ1) is 21.2. The summed E-state index contributed by atoms with van der Waals surface area (Å²) in [5.41, 5.74) is 2.65. The van der Waals surface area contributed by atoms with Crippen LogP contribution >= 0.6 is 0 Å². The summed E-state index contributed by atoms with van der Waals surface area (Å²) < 4.78 is 10.7. The number of carbonyl (C=O) groups is 2. The molecule has 4 heteroatoms. The van der Waals surface area contributed by atoms with E-state index in [0.29, 0.717) is 30.3 Å². The van der Waals surface area contributed by atoms with Gasteiger partial charge in [0.25, 0.3) is 0 Å². The molecule has 0 saturated heterocycles. The van der Waals surface area contributed by atoms with Crippen LogP contribution in [-0.4, -0.2) is 25.2 Å². The lowest BCUT2D eigenvalue weighted by atomic mass is 9.97. The summed E-state index contributed by atoms with van der Waals surface area (Å²) in [6.45, 7) is 11.0. The average Bonchev–Trinajstić information content (AvgIpc) is 2.58. The van der Waals surface area contributed by atoms with Crippen molar-refractivity contribution in [3.8, 4) is 0 Å². The molecular weight excluding hydrogens is 316 g/mol. The molecular formula is C21H32O4. The average molecular weight is 348 g/mol. The van der Waals surface area contributed by atoms with E-state index in [1.807, 2.05) is 20.8 Å². The van der Waals surface area contributed by atoms with Gasteiger partial charge in [0.15, 0.2) is 0 Å². The van der Waals surface area contributed by atoms with Gasteiger partial charge in [0, 0.05) is 0 Å². The minimum atomic E-state index is -0.447. The molecule has 0 fully saturated rings. The highest BCUT2D eigenvalue weighted by Gasteiger charge is 2.21. The number of esters is 2. The first-order valence-electron chi connectivity index (χ1n) is 9.38. The molecule has 4 nitrogen and oxygen atoms in total. The molecule has 0 amide bonds. The fourth-order valence-corrected chi connectivity index (χ4v) is 2.59. The van der Waals surface area contributed by atoms with Crippen molar-refractivity contribution < 1.29 is 19.1 Å². The number of carbonyl (C=O) groups excluding carboxylic acids is 2. The summed E-state index contributed by atoms with van der Waals surface area (Å²) in [6.07, 6.45) is 4.39. The number of hydrogen-bond donors (Lipinski definition) is 0. The van der Waals surface area contributed by atoms with Crippen LogP contribution in [0.5, 0.6) is 0 Å². The van der Waals surface area contributed by atoms with Crippen LogP contribution in [0.15, 0.2) is 12.1 Å². The third-order valence-corrected chi connectivity index (χ3v) is 4.19. The smallest absolute Gasteiger partial charge is 0.339 e. The summed E-state index contributed by atoms with van der Waals surface area (Å²) >= 11 is 0. The maximum absolute atomic E-state index is 12.5. The highest BCUT2D eigenvalue weighted by atomic mass is 16.5. The minimum absolute atomic E-state index is 0.306. The van der Waals surface area contributed by atoms with Gasteiger partial charge < -0.3 is 9.47 Å². The van der Waals surface area contributed by atoms with Gasteiger partial charge in [-0.25, -0.2) is 9.59 Å². The molecule has 0 saturated carbocycles. The number of ether oxygens (including phenoxy) is 2. The van der Waals surface area contributed by atoms with E-state index in [2.05, 4.69) is 13.8 Å². The van der Waals surface area contributed by atoms with Crippen molar-refractivity contribution in [2.24, 2.45) is 5.92 Å². The quantitative estimate of drug-likeness (QED) is 0.436. The van der Waals surface area contributed by atoms with Crippen molar-refractivity contribution in [3.05, 3.63) is 34.4 Å². The Bertz CT molecular complexity index is 576. The molecule has 0 heterocycles. The Labute approximate surface area is 151 Å². The number of rotatable bonds is 10. The van der Waals surface area contributed by atoms with Gasteiger partial charge >= 0.3 is 11.9 Å². The third-order valence-electron chi connectivity index (χ3n) is 4.19. The Balaban J connectivity index is 2.93. The molecule has 1 aromatic carbocycles. The number of aryl methyl sites for hydroxylation is 2. The molecule has 0 radical (unpaired) electrons. The van der Waals surface area contributed by atoms with E-state index in [9.17, 15) is 9.59 Å². The number of unbranched alkanes of at least 4 members (excludes halogenated alkanes) is 1. The van der Waals surface area contributed by atoms with Gasteiger partial charge in [-0.2, -0.15) is 0 Å². The molecule has 140 valence electrons. The van der Waals surface area contributed by atoms with Gasteiger partial charge in [-0.3, -0.25) is 0 Å². The van der Waals surface area contributed by atoms with Gasteiger partial charge in [-0.15, -0.1) is 0 Å². The van der Waals surface area contributed by atoms with Crippen LogP contribution in [-0.2, 0) is 15.9 Å². The minimum Gasteiger partial charge on any atom is -0.462 e. The summed E-state index contributed by atoms with van der Waals surface area (Å²) in [4.78, 5) is 24.9. The Morgan fingerprint density at radius 2 is 1.52 bits per heavy atom. The van der Waals surface area contributed by atoms with E-state index in [1.165, 1.54) is 0 Å².